The highest BCUT2D eigenvalue weighted by Gasteiger charge is 2.27. The molecule has 0 radical (unpaired) electrons. The van der Waals surface area contributed by atoms with Gasteiger partial charge in [-0.15, -0.1) is 0 Å². The van der Waals surface area contributed by atoms with Crippen LogP contribution in [-0.2, 0) is 18.8 Å². The van der Waals surface area contributed by atoms with E-state index in [2.05, 4.69) is 40.1 Å². The summed E-state index contributed by atoms with van der Waals surface area (Å²) in [7, 11) is 1.68. The molecule has 4 rings (SSSR count). The van der Waals surface area contributed by atoms with Gasteiger partial charge in [0.05, 0.1) is 18.4 Å². The smallest absolute Gasteiger partial charge is 0.142 e. The van der Waals surface area contributed by atoms with Gasteiger partial charge in [-0.2, -0.15) is 0 Å². The molecule has 0 saturated carbocycles. The van der Waals surface area contributed by atoms with Crippen molar-refractivity contribution >= 4 is 5.69 Å². The molecule has 174 valence electrons. The summed E-state index contributed by atoms with van der Waals surface area (Å²) in [5.41, 5.74) is 3.11. The van der Waals surface area contributed by atoms with Crippen LogP contribution in [0.15, 0.2) is 72.8 Å². The zero-order valence-corrected chi connectivity index (χ0v) is 19.8. The van der Waals surface area contributed by atoms with Crippen molar-refractivity contribution in [2.24, 2.45) is 0 Å². The van der Waals surface area contributed by atoms with Crippen LogP contribution in [0.5, 0.6) is 11.5 Å². The molecular formula is C28H34N2O3. The molecule has 0 bridgehead atoms. The third kappa shape index (κ3) is 5.86. The lowest BCUT2D eigenvalue weighted by atomic mass is 9.96. The molecule has 1 aliphatic rings. The molecular weight excluding hydrogens is 412 g/mol. The Labute approximate surface area is 197 Å². The molecule has 0 unspecified atom stereocenters. The second-order valence-electron chi connectivity index (χ2n) is 9.10. The van der Waals surface area contributed by atoms with Crippen LogP contribution in [-0.4, -0.2) is 43.3 Å². The van der Waals surface area contributed by atoms with E-state index in [0.29, 0.717) is 12.4 Å². The summed E-state index contributed by atoms with van der Waals surface area (Å²) in [4.78, 5) is 4.83. The molecule has 1 saturated heterocycles. The number of hydrogen-bond donors (Lipinski definition) is 1. The van der Waals surface area contributed by atoms with E-state index in [-0.39, 0.29) is 0 Å². The lowest BCUT2D eigenvalue weighted by Crippen LogP contribution is -2.46. The van der Waals surface area contributed by atoms with Gasteiger partial charge in [0.15, 0.2) is 0 Å². The minimum Gasteiger partial charge on any atom is -0.495 e. The number of anilines is 1. The van der Waals surface area contributed by atoms with Crippen molar-refractivity contribution in [1.29, 1.82) is 0 Å². The second kappa shape index (κ2) is 10.3. The van der Waals surface area contributed by atoms with Gasteiger partial charge in [0.25, 0.3) is 0 Å². The van der Waals surface area contributed by atoms with Crippen LogP contribution >= 0.6 is 0 Å². The minimum absolute atomic E-state index is 0.445. The number of methoxy groups -OCH3 is 1. The van der Waals surface area contributed by atoms with Gasteiger partial charge in [-0.25, -0.2) is 0 Å². The molecule has 0 aliphatic carbocycles. The Morgan fingerprint density at radius 3 is 2.00 bits per heavy atom. The fourth-order valence-electron chi connectivity index (χ4n) is 4.28. The number of benzene rings is 3. The van der Waals surface area contributed by atoms with Crippen LogP contribution in [0.4, 0.5) is 5.69 Å². The van der Waals surface area contributed by atoms with Gasteiger partial charge in [0, 0.05) is 44.4 Å². The summed E-state index contributed by atoms with van der Waals surface area (Å²) >= 11 is 0. The number of piperazine rings is 1. The highest BCUT2D eigenvalue weighted by atomic mass is 16.5. The van der Waals surface area contributed by atoms with Crippen molar-refractivity contribution in [3.8, 4) is 11.5 Å². The molecule has 3 aromatic rings. The second-order valence-corrected chi connectivity index (χ2v) is 9.10. The Kier molecular flexibility index (Phi) is 7.21. The molecule has 1 aliphatic heterocycles. The molecule has 3 aromatic carbocycles. The molecule has 0 spiro atoms. The summed E-state index contributed by atoms with van der Waals surface area (Å²) in [6.45, 7) is 8.73. The van der Waals surface area contributed by atoms with Crippen LogP contribution in [0, 0.1) is 0 Å². The van der Waals surface area contributed by atoms with E-state index in [1.807, 2.05) is 42.5 Å². The average molecular weight is 447 g/mol. The number of aliphatic hydroxyl groups is 1. The first-order valence-electron chi connectivity index (χ1n) is 11.6. The van der Waals surface area contributed by atoms with Gasteiger partial charge in [-0.1, -0.05) is 60.7 Å². The summed E-state index contributed by atoms with van der Waals surface area (Å²) in [5.74, 6) is 1.45. The van der Waals surface area contributed by atoms with Crippen molar-refractivity contribution in [1.82, 2.24) is 4.90 Å². The topological polar surface area (TPSA) is 45.2 Å². The van der Waals surface area contributed by atoms with E-state index in [1.54, 1.807) is 21.0 Å². The van der Waals surface area contributed by atoms with Crippen molar-refractivity contribution in [3.05, 3.63) is 89.5 Å². The van der Waals surface area contributed by atoms with Gasteiger partial charge in [-0.3, -0.25) is 4.90 Å². The van der Waals surface area contributed by atoms with E-state index >= 15 is 0 Å². The molecule has 1 N–H and O–H groups in total. The van der Waals surface area contributed by atoms with E-state index in [4.69, 9.17) is 9.47 Å². The first-order chi connectivity index (χ1) is 15.9. The lowest BCUT2D eigenvalue weighted by molar-refractivity contribution is 0.0741. The molecule has 33 heavy (non-hydrogen) atoms. The highest BCUT2D eigenvalue weighted by molar-refractivity contribution is 5.65. The number of rotatable bonds is 8. The summed E-state index contributed by atoms with van der Waals surface area (Å²) in [5, 5.41) is 10.8. The first-order valence-corrected chi connectivity index (χ1v) is 11.6. The van der Waals surface area contributed by atoms with Gasteiger partial charge < -0.3 is 19.5 Å². The van der Waals surface area contributed by atoms with Gasteiger partial charge in [-0.05, 0) is 31.0 Å². The molecule has 5 heteroatoms. The quantitative estimate of drug-likeness (QED) is 0.537. The summed E-state index contributed by atoms with van der Waals surface area (Å²) in [6, 6.07) is 24.6. The third-order valence-electron chi connectivity index (χ3n) is 6.14. The fourth-order valence-corrected chi connectivity index (χ4v) is 4.28. The molecule has 0 aromatic heterocycles. The molecule has 0 atom stereocenters. The number of hydrogen-bond acceptors (Lipinski definition) is 5. The Balaban J connectivity index is 1.53. The standard InChI is InChI=1S/C28H34N2O3/c1-28(2,31)24-18-27(32-3)25(19-26(24)33-21-23-12-8-5-9-13-23)30-16-14-29(15-17-30)20-22-10-6-4-7-11-22/h4-13,18-19,31H,14-17,20-21H2,1-3H3. The molecule has 5 nitrogen and oxygen atoms in total. The maximum atomic E-state index is 10.8. The van der Waals surface area contributed by atoms with E-state index in [9.17, 15) is 5.11 Å². The normalized spacial score (nSPS) is 14.8. The summed E-state index contributed by atoms with van der Waals surface area (Å²) in [6.07, 6.45) is 0. The summed E-state index contributed by atoms with van der Waals surface area (Å²) < 4.78 is 12.0. The van der Waals surface area contributed by atoms with Crippen molar-refractivity contribution in [2.75, 3.05) is 38.2 Å². The van der Waals surface area contributed by atoms with E-state index < -0.39 is 5.60 Å². The monoisotopic (exact) mass is 446 g/mol. The predicted molar refractivity (Wildman–Crippen MR) is 133 cm³/mol. The van der Waals surface area contributed by atoms with Crippen LogP contribution in [0.25, 0.3) is 0 Å². The Morgan fingerprint density at radius 2 is 1.42 bits per heavy atom. The van der Waals surface area contributed by atoms with Gasteiger partial charge >= 0.3 is 0 Å². The third-order valence-corrected chi connectivity index (χ3v) is 6.14. The number of nitrogens with zero attached hydrogens (tertiary/aromatic N) is 2. The maximum Gasteiger partial charge on any atom is 0.142 e. The molecule has 0 amide bonds. The predicted octanol–water partition coefficient (Wildman–Crippen LogP) is 4.82. The maximum absolute atomic E-state index is 10.8. The SMILES string of the molecule is COc1cc(C(C)(C)O)c(OCc2ccccc2)cc1N1CCN(Cc2ccccc2)CC1. The first kappa shape index (κ1) is 23.1. The highest BCUT2D eigenvalue weighted by Crippen LogP contribution is 2.40. The Morgan fingerprint density at radius 1 is 0.818 bits per heavy atom. The largest absolute Gasteiger partial charge is 0.495 e. The van der Waals surface area contributed by atoms with Crippen LogP contribution in [0.1, 0.15) is 30.5 Å². The zero-order valence-electron chi connectivity index (χ0n) is 19.8. The van der Waals surface area contributed by atoms with Crippen molar-refractivity contribution in [3.63, 3.8) is 0 Å². The minimum atomic E-state index is -1.05. The molecule has 1 heterocycles. The van der Waals surface area contributed by atoms with Crippen LogP contribution in [0.3, 0.4) is 0 Å². The van der Waals surface area contributed by atoms with Crippen molar-refractivity contribution in [2.45, 2.75) is 32.6 Å². The van der Waals surface area contributed by atoms with Gasteiger partial charge in [0.2, 0.25) is 0 Å². The Hall–Kier alpha value is -3.02. The number of ether oxygens (including phenoxy) is 2. The Bertz CT molecular complexity index is 1020. The van der Waals surface area contributed by atoms with E-state index in [1.165, 1.54) is 5.56 Å². The van der Waals surface area contributed by atoms with Crippen LogP contribution in [0.2, 0.25) is 0 Å². The van der Waals surface area contributed by atoms with Gasteiger partial charge in [0.1, 0.15) is 18.1 Å². The average Bonchev–Trinajstić information content (AvgIpc) is 2.83. The van der Waals surface area contributed by atoms with E-state index in [0.717, 1.165) is 55.3 Å². The van der Waals surface area contributed by atoms with Crippen LogP contribution < -0.4 is 14.4 Å². The zero-order chi connectivity index (χ0) is 23.3. The fraction of sp³-hybridized carbons (Fsp3) is 0.357. The lowest BCUT2D eigenvalue weighted by Gasteiger charge is -2.37. The molecule has 1 fully saturated rings. The van der Waals surface area contributed by atoms with Crippen molar-refractivity contribution < 1.29 is 14.6 Å².